The number of halogens is 1. The maximum Gasteiger partial charge on any atom is 0.254 e. The van der Waals surface area contributed by atoms with Crippen LogP contribution in [0.2, 0.25) is 5.02 Å². The van der Waals surface area contributed by atoms with Gasteiger partial charge in [-0.2, -0.15) is 0 Å². The number of benzene rings is 2. The molecule has 3 nitrogen and oxygen atoms in total. The molecule has 0 saturated heterocycles. The first-order chi connectivity index (χ1) is 11.2. The number of hydrogen-bond donors (Lipinski definition) is 0. The van der Waals surface area contributed by atoms with Gasteiger partial charge in [0.25, 0.3) is 5.91 Å². The second-order valence-electron chi connectivity index (χ2n) is 5.73. The SMILES string of the molecule is CCCOc1cccc2c1CCN(Cc1ccc(Cl)cc1)C2=O. The molecule has 0 unspecified atom stereocenters. The van der Waals surface area contributed by atoms with Gasteiger partial charge in [-0.15, -0.1) is 0 Å². The summed E-state index contributed by atoms with van der Waals surface area (Å²) in [5.74, 6) is 0.923. The molecule has 120 valence electrons. The Bertz CT molecular complexity index is 697. The number of carbonyl (C=O) groups excluding carboxylic acids is 1. The van der Waals surface area contributed by atoms with E-state index in [-0.39, 0.29) is 5.91 Å². The monoisotopic (exact) mass is 329 g/mol. The summed E-state index contributed by atoms with van der Waals surface area (Å²) in [6, 6.07) is 13.4. The van der Waals surface area contributed by atoms with E-state index < -0.39 is 0 Å². The summed E-state index contributed by atoms with van der Waals surface area (Å²) in [6.07, 6.45) is 1.79. The first-order valence-electron chi connectivity index (χ1n) is 7.97. The molecule has 0 radical (unpaired) electrons. The average molecular weight is 330 g/mol. The van der Waals surface area contributed by atoms with Crippen LogP contribution in [0.1, 0.15) is 34.8 Å². The third-order valence-corrected chi connectivity index (χ3v) is 4.28. The van der Waals surface area contributed by atoms with Crippen molar-refractivity contribution in [3.63, 3.8) is 0 Å². The quantitative estimate of drug-likeness (QED) is 0.817. The third kappa shape index (κ3) is 3.50. The minimum absolute atomic E-state index is 0.0724. The molecule has 0 N–H and O–H groups in total. The average Bonchev–Trinajstić information content (AvgIpc) is 2.57. The summed E-state index contributed by atoms with van der Waals surface area (Å²) < 4.78 is 5.78. The number of amides is 1. The lowest BCUT2D eigenvalue weighted by molar-refractivity contribution is 0.0725. The standard InChI is InChI=1S/C19H20ClNO2/c1-2-12-23-18-5-3-4-17-16(18)10-11-21(19(17)22)13-14-6-8-15(20)9-7-14/h3-9H,2,10-13H2,1H3. The van der Waals surface area contributed by atoms with E-state index in [9.17, 15) is 4.79 Å². The van der Waals surface area contributed by atoms with Crippen LogP contribution in [0.5, 0.6) is 5.75 Å². The second kappa shape index (κ2) is 7.05. The van der Waals surface area contributed by atoms with E-state index in [2.05, 4.69) is 6.92 Å². The molecule has 0 fully saturated rings. The van der Waals surface area contributed by atoms with Gasteiger partial charge in [0.1, 0.15) is 5.75 Å². The van der Waals surface area contributed by atoms with E-state index in [1.165, 1.54) is 0 Å². The molecule has 1 amide bonds. The third-order valence-electron chi connectivity index (χ3n) is 4.03. The van der Waals surface area contributed by atoms with Gasteiger partial charge in [0, 0.05) is 29.2 Å². The van der Waals surface area contributed by atoms with E-state index in [0.717, 1.165) is 35.3 Å². The van der Waals surface area contributed by atoms with Crippen LogP contribution in [0.25, 0.3) is 0 Å². The molecule has 3 rings (SSSR count). The van der Waals surface area contributed by atoms with Gasteiger partial charge in [0.05, 0.1) is 6.61 Å². The Kier molecular flexibility index (Phi) is 4.87. The zero-order valence-corrected chi connectivity index (χ0v) is 14.0. The zero-order valence-electron chi connectivity index (χ0n) is 13.2. The lowest BCUT2D eigenvalue weighted by Gasteiger charge is -2.29. The van der Waals surface area contributed by atoms with Crippen molar-refractivity contribution in [2.75, 3.05) is 13.2 Å². The number of ether oxygens (including phenoxy) is 1. The molecular formula is C19H20ClNO2. The number of carbonyl (C=O) groups is 1. The van der Waals surface area contributed by atoms with E-state index in [0.29, 0.717) is 24.7 Å². The Hall–Kier alpha value is -2.00. The second-order valence-corrected chi connectivity index (χ2v) is 6.17. The largest absolute Gasteiger partial charge is 0.493 e. The first kappa shape index (κ1) is 15.9. The predicted octanol–water partition coefficient (Wildman–Crippen LogP) is 4.33. The highest BCUT2D eigenvalue weighted by Crippen LogP contribution is 2.29. The van der Waals surface area contributed by atoms with Crippen LogP contribution in [-0.2, 0) is 13.0 Å². The lowest BCUT2D eigenvalue weighted by Crippen LogP contribution is -2.37. The fraction of sp³-hybridized carbons (Fsp3) is 0.316. The first-order valence-corrected chi connectivity index (χ1v) is 8.35. The van der Waals surface area contributed by atoms with E-state index in [1.807, 2.05) is 47.4 Å². The topological polar surface area (TPSA) is 29.5 Å². The minimum Gasteiger partial charge on any atom is -0.493 e. The van der Waals surface area contributed by atoms with Gasteiger partial charge in [0.15, 0.2) is 0 Å². The summed E-state index contributed by atoms with van der Waals surface area (Å²) in [5.41, 5.74) is 2.89. The van der Waals surface area contributed by atoms with Crippen LogP contribution in [0.15, 0.2) is 42.5 Å². The molecule has 2 aromatic carbocycles. The summed E-state index contributed by atoms with van der Waals surface area (Å²) in [6.45, 7) is 4.07. The van der Waals surface area contributed by atoms with E-state index in [4.69, 9.17) is 16.3 Å². The number of rotatable bonds is 5. The molecule has 1 heterocycles. The Balaban J connectivity index is 1.79. The number of hydrogen-bond acceptors (Lipinski definition) is 2. The number of nitrogens with zero attached hydrogens (tertiary/aromatic N) is 1. The van der Waals surface area contributed by atoms with Crippen LogP contribution in [0, 0.1) is 0 Å². The molecule has 1 aliphatic heterocycles. The molecule has 0 atom stereocenters. The van der Waals surface area contributed by atoms with Crippen LogP contribution in [-0.4, -0.2) is 24.0 Å². The normalized spacial score (nSPS) is 13.8. The molecule has 0 aliphatic carbocycles. The summed E-state index contributed by atoms with van der Waals surface area (Å²) in [4.78, 5) is 14.6. The molecular weight excluding hydrogens is 310 g/mol. The fourth-order valence-corrected chi connectivity index (χ4v) is 2.98. The van der Waals surface area contributed by atoms with Crippen LogP contribution in [0.3, 0.4) is 0 Å². The van der Waals surface area contributed by atoms with Crippen molar-refractivity contribution in [1.82, 2.24) is 4.90 Å². The molecule has 0 bridgehead atoms. The van der Waals surface area contributed by atoms with Crippen molar-refractivity contribution < 1.29 is 9.53 Å². The fourth-order valence-electron chi connectivity index (χ4n) is 2.85. The van der Waals surface area contributed by atoms with Crippen LogP contribution >= 0.6 is 11.6 Å². The Labute approximate surface area is 141 Å². The lowest BCUT2D eigenvalue weighted by atomic mass is 9.97. The summed E-state index contributed by atoms with van der Waals surface area (Å²) >= 11 is 5.91. The van der Waals surface area contributed by atoms with Gasteiger partial charge in [-0.25, -0.2) is 0 Å². The van der Waals surface area contributed by atoms with Gasteiger partial charge in [-0.3, -0.25) is 4.79 Å². The van der Waals surface area contributed by atoms with Crippen molar-refractivity contribution in [3.05, 3.63) is 64.2 Å². The number of fused-ring (bicyclic) bond motifs is 1. The highest BCUT2D eigenvalue weighted by Gasteiger charge is 2.26. The van der Waals surface area contributed by atoms with Gasteiger partial charge in [-0.1, -0.05) is 36.7 Å². The maximum absolute atomic E-state index is 12.8. The van der Waals surface area contributed by atoms with Crippen molar-refractivity contribution in [2.24, 2.45) is 0 Å². The smallest absolute Gasteiger partial charge is 0.254 e. The highest BCUT2D eigenvalue weighted by atomic mass is 35.5. The van der Waals surface area contributed by atoms with Gasteiger partial charge in [-0.05, 0) is 42.7 Å². The molecule has 4 heteroatoms. The van der Waals surface area contributed by atoms with Crippen molar-refractivity contribution in [2.45, 2.75) is 26.3 Å². The van der Waals surface area contributed by atoms with Crippen molar-refractivity contribution in [3.8, 4) is 5.75 Å². The molecule has 0 aromatic heterocycles. The summed E-state index contributed by atoms with van der Waals surface area (Å²) in [5, 5.41) is 0.710. The summed E-state index contributed by atoms with van der Waals surface area (Å²) in [7, 11) is 0. The molecule has 1 aliphatic rings. The Morgan fingerprint density at radius 2 is 1.96 bits per heavy atom. The van der Waals surface area contributed by atoms with E-state index in [1.54, 1.807) is 0 Å². The van der Waals surface area contributed by atoms with E-state index >= 15 is 0 Å². The zero-order chi connectivity index (χ0) is 16.2. The minimum atomic E-state index is 0.0724. The maximum atomic E-state index is 12.8. The molecule has 2 aromatic rings. The molecule has 23 heavy (non-hydrogen) atoms. The van der Waals surface area contributed by atoms with Crippen LogP contribution < -0.4 is 4.74 Å². The Morgan fingerprint density at radius 3 is 2.70 bits per heavy atom. The van der Waals surface area contributed by atoms with Gasteiger partial charge in [0.2, 0.25) is 0 Å². The van der Waals surface area contributed by atoms with Crippen molar-refractivity contribution >= 4 is 17.5 Å². The predicted molar refractivity (Wildman–Crippen MR) is 92.1 cm³/mol. The van der Waals surface area contributed by atoms with Gasteiger partial charge < -0.3 is 9.64 Å². The molecule has 0 saturated carbocycles. The molecule has 0 spiro atoms. The van der Waals surface area contributed by atoms with Gasteiger partial charge >= 0.3 is 0 Å². The Morgan fingerprint density at radius 1 is 1.17 bits per heavy atom. The van der Waals surface area contributed by atoms with Crippen molar-refractivity contribution in [1.29, 1.82) is 0 Å². The van der Waals surface area contributed by atoms with Crippen LogP contribution in [0.4, 0.5) is 0 Å². The highest BCUT2D eigenvalue weighted by molar-refractivity contribution is 6.30.